The molecule has 0 spiro atoms. The molecule has 0 aromatic rings. The number of hydrogen-bond acceptors (Lipinski definition) is 3. The van der Waals surface area contributed by atoms with E-state index in [1.54, 1.807) is 0 Å². The maximum Gasteiger partial charge on any atom is 0.283 e. The molecular weight excluding hydrogens is 324 g/mol. The summed E-state index contributed by atoms with van der Waals surface area (Å²) in [5.41, 5.74) is 0. The zero-order valence-electron chi connectivity index (χ0n) is 17.2. The van der Waals surface area contributed by atoms with Gasteiger partial charge in [-0.15, -0.1) is 0 Å². The molecule has 0 aliphatic heterocycles. The van der Waals surface area contributed by atoms with E-state index in [2.05, 4.69) is 6.92 Å². The summed E-state index contributed by atoms with van der Waals surface area (Å²) in [6.07, 6.45) is 23.0. The van der Waals surface area contributed by atoms with Crippen molar-refractivity contribution in [2.24, 2.45) is 0 Å². The molecule has 0 amide bonds. The van der Waals surface area contributed by atoms with Crippen LogP contribution in [0.2, 0.25) is 0 Å². The molecule has 0 aromatic carbocycles. The summed E-state index contributed by atoms with van der Waals surface area (Å²) >= 11 is 0. The second kappa shape index (κ2) is 11.0. The van der Waals surface area contributed by atoms with Gasteiger partial charge in [0.05, 0.1) is 18.3 Å². The summed E-state index contributed by atoms with van der Waals surface area (Å²) in [5, 5.41) is 0. The Kier molecular flexibility index (Phi) is 8.74. The largest absolute Gasteiger partial charge is 0.324 e. The van der Waals surface area contributed by atoms with E-state index in [-0.39, 0.29) is 0 Å². The normalized spacial score (nSPS) is 24.8. The first-order chi connectivity index (χ1) is 12.8. The van der Waals surface area contributed by atoms with Gasteiger partial charge in [0.25, 0.3) is 5.97 Å². The molecule has 3 fully saturated rings. The van der Waals surface area contributed by atoms with Gasteiger partial charge in [0.1, 0.15) is 0 Å². The van der Waals surface area contributed by atoms with Gasteiger partial charge < -0.3 is 14.2 Å². The van der Waals surface area contributed by atoms with Crippen molar-refractivity contribution in [2.45, 2.75) is 147 Å². The molecule has 0 radical (unpaired) electrons. The zero-order valence-corrected chi connectivity index (χ0v) is 17.2. The third-order valence-corrected chi connectivity index (χ3v) is 6.53. The Morgan fingerprint density at radius 3 is 1.23 bits per heavy atom. The van der Waals surface area contributed by atoms with E-state index in [1.807, 2.05) is 0 Å². The molecule has 3 aliphatic carbocycles. The lowest BCUT2D eigenvalue weighted by Gasteiger charge is -2.43. The fraction of sp³-hybridized carbons (Fsp3) is 1.00. The number of ether oxygens (including phenoxy) is 3. The molecule has 3 heteroatoms. The van der Waals surface area contributed by atoms with Gasteiger partial charge in [-0.1, -0.05) is 71.1 Å². The van der Waals surface area contributed by atoms with Gasteiger partial charge in [-0.3, -0.25) is 0 Å². The van der Waals surface area contributed by atoms with Crippen molar-refractivity contribution in [3.05, 3.63) is 0 Å². The second-order valence-electron chi connectivity index (χ2n) is 8.92. The van der Waals surface area contributed by atoms with Crippen molar-refractivity contribution < 1.29 is 14.2 Å². The van der Waals surface area contributed by atoms with Crippen molar-refractivity contribution in [2.75, 3.05) is 0 Å². The average molecular weight is 367 g/mol. The highest BCUT2D eigenvalue weighted by atomic mass is 16.9. The van der Waals surface area contributed by atoms with E-state index in [0.29, 0.717) is 18.3 Å². The summed E-state index contributed by atoms with van der Waals surface area (Å²) < 4.78 is 20.2. The van der Waals surface area contributed by atoms with Crippen LogP contribution in [-0.4, -0.2) is 24.3 Å². The highest BCUT2D eigenvalue weighted by Crippen LogP contribution is 2.37. The fourth-order valence-corrected chi connectivity index (χ4v) is 4.96. The average Bonchev–Trinajstić information content (AvgIpc) is 2.69. The molecule has 0 heterocycles. The van der Waals surface area contributed by atoms with Crippen LogP contribution in [0.1, 0.15) is 122 Å². The monoisotopic (exact) mass is 366 g/mol. The maximum absolute atomic E-state index is 6.74. The minimum absolute atomic E-state index is 0.327. The molecule has 0 saturated heterocycles. The first-order valence-electron chi connectivity index (χ1n) is 11.8. The van der Waals surface area contributed by atoms with Gasteiger partial charge in [-0.2, -0.15) is 0 Å². The molecule has 3 aliphatic rings. The minimum atomic E-state index is -0.776. The lowest BCUT2D eigenvalue weighted by Crippen LogP contribution is -2.48. The molecule has 0 unspecified atom stereocenters. The number of unbranched alkanes of at least 4 members (excludes halogenated alkanes) is 1. The smallest absolute Gasteiger partial charge is 0.283 e. The number of hydrogen-bond donors (Lipinski definition) is 0. The summed E-state index contributed by atoms with van der Waals surface area (Å²) in [5.74, 6) is -0.776. The van der Waals surface area contributed by atoms with Crippen molar-refractivity contribution >= 4 is 0 Å². The van der Waals surface area contributed by atoms with Gasteiger partial charge >= 0.3 is 0 Å². The molecule has 3 rings (SSSR count). The lowest BCUT2D eigenvalue weighted by molar-refractivity contribution is -0.424. The summed E-state index contributed by atoms with van der Waals surface area (Å²) in [4.78, 5) is 0. The number of rotatable bonds is 9. The van der Waals surface area contributed by atoms with E-state index in [1.165, 1.54) is 96.3 Å². The van der Waals surface area contributed by atoms with Crippen molar-refractivity contribution in [1.82, 2.24) is 0 Å². The van der Waals surface area contributed by atoms with Crippen LogP contribution in [0.5, 0.6) is 0 Å². The molecule has 26 heavy (non-hydrogen) atoms. The molecule has 0 aromatic heterocycles. The van der Waals surface area contributed by atoms with Gasteiger partial charge in [0.15, 0.2) is 0 Å². The van der Waals surface area contributed by atoms with Gasteiger partial charge in [0, 0.05) is 6.42 Å². The van der Waals surface area contributed by atoms with Gasteiger partial charge in [0.2, 0.25) is 0 Å². The minimum Gasteiger partial charge on any atom is -0.324 e. The maximum atomic E-state index is 6.74. The fourth-order valence-electron chi connectivity index (χ4n) is 4.96. The van der Waals surface area contributed by atoms with Crippen molar-refractivity contribution in [3.8, 4) is 0 Å². The highest BCUT2D eigenvalue weighted by molar-refractivity contribution is 4.76. The second-order valence-corrected chi connectivity index (χ2v) is 8.92. The highest BCUT2D eigenvalue weighted by Gasteiger charge is 2.41. The van der Waals surface area contributed by atoms with Crippen LogP contribution in [0.4, 0.5) is 0 Å². The SMILES string of the molecule is CCCCC(OC1CCCCC1)(OC1CCCCC1)OC1CCCCC1. The van der Waals surface area contributed by atoms with Gasteiger partial charge in [-0.25, -0.2) is 0 Å². The topological polar surface area (TPSA) is 27.7 Å². The van der Waals surface area contributed by atoms with Crippen molar-refractivity contribution in [3.63, 3.8) is 0 Å². The van der Waals surface area contributed by atoms with E-state index in [0.717, 1.165) is 19.3 Å². The zero-order chi connectivity index (χ0) is 18.1. The first-order valence-corrected chi connectivity index (χ1v) is 11.8. The summed E-state index contributed by atoms with van der Waals surface area (Å²) in [6, 6.07) is 0. The van der Waals surface area contributed by atoms with E-state index in [9.17, 15) is 0 Å². The van der Waals surface area contributed by atoms with E-state index >= 15 is 0 Å². The van der Waals surface area contributed by atoms with Gasteiger partial charge in [-0.05, 0) is 44.9 Å². The van der Waals surface area contributed by atoms with Crippen LogP contribution in [0.3, 0.4) is 0 Å². The van der Waals surface area contributed by atoms with Crippen LogP contribution in [-0.2, 0) is 14.2 Å². The van der Waals surface area contributed by atoms with E-state index in [4.69, 9.17) is 14.2 Å². The van der Waals surface area contributed by atoms with Crippen LogP contribution >= 0.6 is 0 Å². The molecule has 0 atom stereocenters. The molecule has 0 N–H and O–H groups in total. The Bertz CT molecular complexity index is 315. The molecule has 3 saturated carbocycles. The first kappa shape index (κ1) is 20.6. The predicted molar refractivity (Wildman–Crippen MR) is 106 cm³/mol. The predicted octanol–water partition coefficient (Wildman–Crippen LogP) is 6.88. The Labute approximate surface area is 161 Å². The molecular formula is C23H42O3. The Morgan fingerprint density at radius 2 is 0.923 bits per heavy atom. The summed E-state index contributed by atoms with van der Waals surface area (Å²) in [6.45, 7) is 2.26. The van der Waals surface area contributed by atoms with Crippen molar-refractivity contribution in [1.29, 1.82) is 0 Å². The molecule has 0 bridgehead atoms. The molecule has 152 valence electrons. The Morgan fingerprint density at radius 1 is 0.577 bits per heavy atom. The Balaban J connectivity index is 1.71. The van der Waals surface area contributed by atoms with Crippen LogP contribution < -0.4 is 0 Å². The standard InChI is InChI=1S/C23H42O3/c1-2-3-19-23(24-20-13-7-4-8-14-20,25-21-15-9-5-10-16-21)26-22-17-11-6-12-18-22/h20-22H,2-19H2,1H3. The van der Waals surface area contributed by atoms with Crippen LogP contribution in [0.25, 0.3) is 0 Å². The Hall–Kier alpha value is -0.120. The quantitative estimate of drug-likeness (QED) is 0.416. The van der Waals surface area contributed by atoms with E-state index < -0.39 is 5.97 Å². The molecule has 3 nitrogen and oxygen atoms in total. The third kappa shape index (κ3) is 6.49. The third-order valence-electron chi connectivity index (χ3n) is 6.53. The van der Waals surface area contributed by atoms with Crippen LogP contribution in [0.15, 0.2) is 0 Å². The van der Waals surface area contributed by atoms with Crippen LogP contribution in [0, 0.1) is 0 Å². The summed E-state index contributed by atoms with van der Waals surface area (Å²) in [7, 11) is 0. The lowest BCUT2D eigenvalue weighted by atomic mass is 9.96.